The molecule has 3 aromatic rings. The van der Waals surface area contributed by atoms with E-state index in [0.717, 1.165) is 57.7 Å². The topological polar surface area (TPSA) is 75.4 Å². The number of allylic oxidation sites excluding steroid dienone is 5. The molecule has 5 rings (SSSR count). The van der Waals surface area contributed by atoms with E-state index < -0.39 is 0 Å². The van der Waals surface area contributed by atoms with E-state index in [1.165, 1.54) is 32.1 Å². The van der Waals surface area contributed by atoms with Crippen LogP contribution in [0.4, 0.5) is 11.4 Å². The highest BCUT2D eigenvalue weighted by molar-refractivity contribution is 5.95. The zero-order valence-electron chi connectivity index (χ0n) is 24.3. The second-order valence-electron chi connectivity index (χ2n) is 10.3. The second-order valence-corrected chi connectivity index (χ2v) is 10.3. The average molecular weight is 542 g/mol. The summed E-state index contributed by atoms with van der Waals surface area (Å²) in [5.74, 6) is 1.99. The number of hydrogen-bond donors (Lipinski definition) is 3. The third kappa shape index (κ3) is 7.17. The van der Waals surface area contributed by atoms with Crippen LogP contribution in [0.25, 0.3) is 17.0 Å². The van der Waals surface area contributed by atoms with Crippen LogP contribution >= 0.6 is 0 Å². The van der Waals surface area contributed by atoms with Gasteiger partial charge in [0.1, 0.15) is 11.5 Å². The third-order valence-electron chi connectivity index (χ3n) is 7.45. The summed E-state index contributed by atoms with van der Waals surface area (Å²) in [6.07, 6.45) is 20.6. The number of nitrogens with one attached hydrogen (secondary N) is 3. The van der Waals surface area contributed by atoms with Crippen LogP contribution in [0, 0.1) is 0 Å². The van der Waals surface area contributed by atoms with Gasteiger partial charge in [-0.05, 0) is 82.2 Å². The Hall–Kier alpha value is -3.93. The van der Waals surface area contributed by atoms with Crippen molar-refractivity contribution in [2.45, 2.75) is 71.6 Å². The highest BCUT2D eigenvalue weighted by atomic mass is 16.5. The summed E-state index contributed by atoms with van der Waals surface area (Å²) in [7, 11) is 1.68. The summed E-state index contributed by atoms with van der Waals surface area (Å²) in [5.41, 5.74) is 13.0. The number of rotatable bonds is 12. The number of H-pyrrole nitrogens is 1. The van der Waals surface area contributed by atoms with Crippen molar-refractivity contribution in [3.05, 3.63) is 77.5 Å². The van der Waals surface area contributed by atoms with Gasteiger partial charge in [-0.25, -0.2) is 0 Å². The molecule has 1 aromatic heterocycles. The predicted molar refractivity (Wildman–Crippen MR) is 167 cm³/mol. The Morgan fingerprint density at radius 3 is 2.62 bits per heavy atom. The number of hydrazine groups is 1. The number of hydrogen-bond acceptors (Lipinski definition) is 5. The highest BCUT2D eigenvalue weighted by Crippen LogP contribution is 2.49. The molecule has 6 nitrogen and oxygen atoms in total. The van der Waals surface area contributed by atoms with E-state index in [2.05, 4.69) is 41.0 Å². The number of fused-ring (bicyclic) bond motifs is 1. The second kappa shape index (κ2) is 14.5. The predicted octanol–water partition coefficient (Wildman–Crippen LogP) is 8.95. The molecular weight excluding hydrogens is 498 g/mol. The Morgan fingerprint density at radius 1 is 1.15 bits per heavy atom. The number of benzene rings is 2. The number of carbonyl (C=O) groups excluding carboxylic acids is 1. The van der Waals surface area contributed by atoms with Gasteiger partial charge in [-0.1, -0.05) is 49.6 Å². The first-order valence-electron chi connectivity index (χ1n) is 14.5. The van der Waals surface area contributed by atoms with Gasteiger partial charge < -0.3 is 19.9 Å². The number of ketones is 1. The maximum absolute atomic E-state index is 11.7. The number of aromatic nitrogens is 1. The monoisotopic (exact) mass is 541 g/mol. The summed E-state index contributed by atoms with van der Waals surface area (Å²) in [5, 5.41) is 1.08. The van der Waals surface area contributed by atoms with Gasteiger partial charge in [-0.3, -0.25) is 10.2 Å². The van der Waals surface area contributed by atoms with Crippen LogP contribution in [0.15, 0.2) is 66.4 Å². The van der Waals surface area contributed by atoms with E-state index >= 15 is 0 Å². The highest BCUT2D eigenvalue weighted by Gasteiger charge is 2.29. The number of anilines is 2. The Bertz CT molecular complexity index is 1380. The van der Waals surface area contributed by atoms with E-state index in [9.17, 15) is 4.79 Å². The molecule has 0 atom stereocenters. The van der Waals surface area contributed by atoms with Crippen molar-refractivity contribution in [3.63, 3.8) is 0 Å². The zero-order valence-corrected chi connectivity index (χ0v) is 24.3. The van der Waals surface area contributed by atoms with Gasteiger partial charge in [-0.15, -0.1) is 0 Å². The summed E-state index contributed by atoms with van der Waals surface area (Å²) >= 11 is 0. The molecule has 2 aliphatic carbocycles. The smallest absolute Gasteiger partial charge is 0.152 e. The molecule has 1 saturated carbocycles. The molecule has 2 aromatic carbocycles. The minimum atomic E-state index is -0.0165. The van der Waals surface area contributed by atoms with Crippen LogP contribution in [0.2, 0.25) is 0 Å². The maximum atomic E-state index is 11.7. The van der Waals surface area contributed by atoms with Gasteiger partial charge in [0.2, 0.25) is 0 Å². The average Bonchev–Trinajstić information content (AvgIpc) is 3.62. The largest absolute Gasteiger partial charge is 0.496 e. The van der Waals surface area contributed by atoms with Gasteiger partial charge in [-0.2, -0.15) is 0 Å². The molecule has 0 amide bonds. The van der Waals surface area contributed by atoms with Crippen molar-refractivity contribution in [2.24, 2.45) is 0 Å². The SMILES string of the molecule is CCCCC1=CC=CC1.CCOc1cc(NNc2cccc3[nH]ccc23)c(/C=C/C(C)=O)c(OC)c1C1CCC1. The van der Waals surface area contributed by atoms with E-state index in [1.54, 1.807) is 25.7 Å². The Balaban J connectivity index is 0.000000350. The summed E-state index contributed by atoms with van der Waals surface area (Å²) in [6.45, 7) is 6.34. The molecule has 0 unspecified atom stereocenters. The van der Waals surface area contributed by atoms with Gasteiger partial charge in [0.05, 0.1) is 25.1 Å². The molecule has 3 N–H and O–H groups in total. The fourth-order valence-electron chi connectivity index (χ4n) is 5.12. The van der Waals surface area contributed by atoms with Crippen molar-refractivity contribution < 1.29 is 14.3 Å². The van der Waals surface area contributed by atoms with Crippen LogP contribution in [-0.2, 0) is 4.79 Å². The van der Waals surface area contributed by atoms with E-state index in [1.807, 2.05) is 49.5 Å². The Labute approximate surface area is 238 Å². The van der Waals surface area contributed by atoms with Gasteiger partial charge in [0.25, 0.3) is 0 Å². The van der Waals surface area contributed by atoms with Crippen molar-refractivity contribution in [1.82, 2.24) is 4.98 Å². The van der Waals surface area contributed by atoms with Gasteiger partial charge in [0.15, 0.2) is 5.78 Å². The summed E-state index contributed by atoms with van der Waals surface area (Å²) in [4.78, 5) is 14.9. The normalized spacial score (nSPS) is 14.4. The first-order valence-corrected chi connectivity index (χ1v) is 14.5. The van der Waals surface area contributed by atoms with Gasteiger partial charge >= 0.3 is 0 Å². The Morgan fingerprint density at radius 2 is 1.98 bits per heavy atom. The molecule has 212 valence electrons. The van der Waals surface area contributed by atoms with Crippen molar-refractivity contribution in [1.29, 1.82) is 0 Å². The van der Waals surface area contributed by atoms with Crippen LogP contribution in [0.1, 0.15) is 82.8 Å². The van der Waals surface area contributed by atoms with Crippen LogP contribution < -0.4 is 20.3 Å². The quantitative estimate of drug-likeness (QED) is 0.158. The summed E-state index contributed by atoms with van der Waals surface area (Å²) < 4.78 is 11.9. The first kappa shape index (κ1) is 29.1. The molecule has 2 aliphatic rings. The number of carbonyl (C=O) groups is 1. The number of unbranched alkanes of at least 4 members (excludes halogenated alkanes) is 1. The van der Waals surface area contributed by atoms with Gasteiger partial charge in [0, 0.05) is 34.3 Å². The molecule has 0 bridgehead atoms. The molecule has 0 radical (unpaired) electrons. The number of aromatic amines is 1. The molecule has 6 heteroatoms. The zero-order chi connectivity index (χ0) is 28.3. The number of ether oxygens (including phenoxy) is 2. The molecule has 1 fully saturated rings. The third-order valence-corrected chi connectivity index (χ3v) is 7.45. The minimum Gasteiger partial charge on any atom is -0.496 e. The standard InChI is InChI=1S/C25H29N3O3.C9H14/c1-4-31-23-15-22(28-27-21-10-6-9-20-18(21)13-14-26-20)19(12-11-16(2)29)25(30-3)24(23)17-7-5-8-17;1-2-3-6-9-7-4-5-8-9/h6,9-15,17,26-28H,4-5,7-8H2,1-3H3;4-5,7H,2-3,6,8H2,1H3/b12-11+;. The van der Waals surface area contributed by atoms with E-state index in [0.29, 0.717) is 12.5 Å². The molecule has 40 heavy (non-hydrogen) atoms. The fraction of sp³-hybridized carbons (Fsp3) is 0.382. The van der Waals surface area contributed by atoms with E-state index in [-0.39, 0.29) is 5.78 Å². The Kier molecular flexibility index (Phi) is 10.5. The number of methoxy groups -OCH3 is 1. The molecule has 0 spiro atoms. The minimum absolute atomic E-state index is 0.0165. The van der Waals surface area contributed by atoms with Crippen molar-refractivity contribution >= 4 is 34.1 Å². The molecular formula is C34H43N3O3. The lowest BCUT2D eigenvalue weighted by Gasteiger charge is -2.31. The lowest BCUT2D eigenvalue weighted by molar-refractivity contribution is -0.112. The summed E-state index contributed by atoms with van der Waals surface area (Å²) in [6, 6.07) is 10.1. The maximum Gasteiger partial charge on any atom is 0.152 e. The lowest BCUT2D eigenvalue weighted by Crippen LogP contribution is -2.16. The van der Waals surface area contributed by atoms with Crippen LogP contribution in [0.3, 0.4) is 0 Å². The molecule has 0 saturated heterocycles. The first-order chi connectivity index (χ1) is 19.5. The van der Waals surface area contributed by atoms with E-state index in [4.69, 9.17) is 9.47 Å². The molecule has 1 heterocycles. The lowest BCUT2D eigenvalue weighted by atomic mass is 9.78. The van der Waals surface area contributed by atoms with Crippen LogP contribution in [-0.4, -0.2) is 24.5 Å². The van der Waals surface area contributed by atoms with Crippen molar-refractivity contribution in [3.8, 4) is 11.5 Å². The molecule has 0 aliphatic heterocycles. The van der Waals surface area contributed by atoms with Crippen LogP contribution in [0.5, 0.6) is 11.5 Å². The van der Waals surface area contributed by atoms with Crippen molar-refractivity contribution in [2.75, 3.05) is 24.6 Å². The fourth-order valence-corrected chi connectivity index (χ4v) is 5.12.